The summed E-state index contributed by atoms with van der Waals surface area (Å²) in [6.07, 6.45) is 1.59. The van der Waals surface area contributed by atoms with E-state index in [9.17, 15) is 4.79 Å². The van der Waals surface area contributed by atoms with Crippen LogP contribution < -0.4 is 5.32 Å². The van der Waals surface area contributed by atoms with Gasteiger partial charge in [-0.25, -0.2) is 0 Å². The fourth-order valence-corrected chi connectivity index (χ4v) is 3.06. The SMILES string of the molecule is CCn1c(SCC(=O)Nc2ccc(Cl)cc2)nnc1-c1ccco1. The number of thioether (sulfide) groups is 1. The maximum absolute atomic E-state index is 12.1. The molecule has 124 valence electrons. The summed E-state index contributed by atoms with van der Waals surface area (Å²) in [7, 11) is 0. The summed E-state index contributed by atoms with van der Waals surface area (Å²) >= 11 is 7.15. The summed E-state index contributed by atoms with van der Waals surface area (Å²) in [6.45, 7) is 2.68. The maximum Gasteiger partial charge on any atom is 0.234 e. The molecule has 0 fully saturated rings. The van der Waals surface area contributed by atoms with Crippen LogP contribution in [-0.4, -0.2) is 26.4 Å². The molecule has 0 unspecified atom stereocenters. The Bertz CT molecular complexity index is 815. The first-order valence-corrected chi connectivity index (χ1v) is 8.69. The van der Waals surface area contributed by atoms with E-state index in [2.05, 4.69) is 15.5 Å². The van der Waals surface area contributed by atoms with Crippen molar-refractivity contribution in [2.75, 3.05) is 11.1 Å². The van der Waals surface area contributed by atoms with Crippen molar-refractivity contribution in [3.05, 3.63) is 47.7 Å². The molecule has 0 aliphatic carbocycles. The van der Waals surface area contributed by atoms with Gasteiger partial charge in [0, 0.05) is 17.3 Å². The zero-order chi connectivity index (χ0) is 16.9. The third-order valence-corrected chi connectivity index (χ3v) is 4.45. The highest BCUT2D eigenvalue weighted by atomic mass is 35.5. The lowest BCUT2D eigenvalue weighted by Crippen LogP contribution is -2.14. The zero-order valence-electron chi connectivity index (χ0n) is 12.9. The van der Waals surface area contributed by atoms with E-state index in [-0.39, 0.29) is 11.7 Å². The zero-order valence-corrected chi connectivity index (χ0v) is 14.5. The molecule has 0 aliphatic heterocycles. The molecule has 0 saturated heterocycles. The van der Waals surface area contributed by atoms with Gasteiger partial charge in [0.15, 0.2) is 16.7 Å². The Morgan fingerprint density at radius 1 is 1.29 bits per heavy atom. The van der Waals surface area contributed by atoms with Gasteiger partial charge in [-0.15, -0.1) is 10.2 Å². The number of carbonyl (C=O) groups is 1. The van der Waals surface area contributed by atoms with Crippen LogP contribution in [0.1, 0.15) is 6.92 Å². The second-order valence-electron chi connectivity index (χ2n) is 4.87. The number of nitrogens with zero attached hydrogens (tertiary/aromatic N) is 3. The molecule has 1 aromatic carbocycles. The Morgan fingerprint density at radius 3 is 2.75 bits per heavy atom. The highest BCUT2D eigenvalue weighted by Gasteiger charge is 2.16. The standard InChI is InChI=1S/C16H15ClN4O2S/c1-2-21-15(13-4-3-9-23-13)19-20-16(21)24-10-14(22)18-12-7-5-11(17)6-8-12/h3-9H,2,10H2,1H3,(H,18,22). The first-order chi connectivity index (χ1) is 11.7. The summed E-state index contributed by atoms with van der Waals surface area (Å²) in [5.74, 6) is 1.43. The van der Waals surface area contributed by atoms with Crippen LogP contribution in [-0.2, 0) is 11.3 Å². The van der Waals surface area contributed by atoms with Crippen LogP contribution in [0.3, 0.4) is 0 Å². The van der Waals surface area contributed by atoms with E-state index in [4.69, 9.17) is 16.0 Å². The number of hydrogen-bond donors (Lipinski definition) is 1. The van der Waals surface area contributed by atoms with E-state index < -0.39 is 0 Å². The molecule has 6 nitrogen and oxygen atoms in total. The Kier molecular flexibility index (Phi) is 5.22. The molecular formula is C16H15ClN4O2S. The molecule has 0 saturated carbocycles. The lowest BCUT2D eigenvalue weighted by Gasteiger charge is -2.07. The highest BCUT2D eigenvalue weighted by Crippen LogP contribution is 2.24. The van der Waals surface area contributed by atoms with E-state index in [1.54, 1.807) is 36.6 Å². The number of rotatable bonds is 6. The van der Waals surface area contributed by atoms with Gasteiger partial charge in [0.05, 0.1) is 12.0 Å². The number of furan rings is 1. The third-order valence-electron chi connectivity index (χ3n) is 3.23. The minimum absolute atomic E-state index is 0.118. The van der Waals surface area contributed by atoms with Gasteiger partial charge >= 0.3 is 0 Å². The normalized spacial score (nSPS) is 10.8. The predicted molar refractivity (Wildman–Crippen MR) is 94.2 cm³/mol. The topological polar surface area (TPSA) is 73.0 Å². The van der Waals surface area contributed by atoms with E-state index in [1.807, 2.05) is 17.6 Å². The first kappa shape index (κ1) is 16.6. The largest absolute Gasteiger partial charge is 0.461 e. The Morgan fingerprint density at radius 2 is 2.08 bits per heavy atom. The van der Waals surface area contributed by atoms with Crippen LogP contribution >= 0.6 is 23.4 Å². The maximum atomic E-state index is 12.1. The molecule has 0 bridgehead atoms. The molecule has 0 atom stereocenters. The fraction of sp³-hybridized carbons (Fsp3) is 0.188. The van der Waals surface area contributed by atoms with Gasteiger partial charge in [-0.3, -0.25) is 9.36 Å². The van der Waals surface area contributed by atoms with Gasteiger partial charge in [-0.1, -0.05) is 23.4 Å². The van der Waals surface area contributed by atoms with E-state index in [1.165, 1.54) is 11.8 Å². The Balaban J connectivity index is 1.64. The third kappa shape index (κ3) is 3.80. The molecule has 0 spiro atoms. The lowest BCUT2D eigenvalue weighted by atomic mass is 10.3. The van der Waals surface area contributed by atoms with E-state index in [0.717, 1.165) is 0 Å². The predicted octanol–water partition coefficient (Wildman–Crippen LogP) is 3.94. The molecule has 1 N–H and O–H groups in total. The van der Waals surface area contributed by atoms with Gasteiger partial charge in [-0.05, 0) is 43.3 Å². The number of benzene rings is 1. The van der Waals surface area contributed by atoms with Gasteiger partial charge < -0.3 is 9.73 Å². The van der Waals surface area contributed by atoms with Crippen molar-refractivity contribution in [2.24, 2.45) is 0 Å². The second kappa shape index (κ2) is 7.55. The molecule has 2 aromatic heterocycles. The monoisotopic (exact) mass is 362 g/mol. The number of halogens is 1. The minimum Gasteiger partial charge on any atom is -0.461 e. The van der Waals surface area contributed by atoms with Crippen molar-refractivity contribution in [3.8, 4) is 11.6 Å². The van der Waals surface area contributed by atoms with Gasteiger partial charge in [0.25, 0.3) is 0 Å². The van der Waals surface area contributed by atoms with Crippen LogP contribution in [0, 0.1) is 0 Å². The average Bonchev–Trinajstić information content (AvgIpc) is 3.23. The van der Waals surface area contributed by atoms with Crippen molar-refractivity contribution in [1.82, 2.24) is 14.8 Å². The van der Waals surface area contributed by atoms with E-state index >= 15 is 0 Å². The smallest absolute Gasteiger partial charge is 0.234 e. The lowest BCUT2D eigenvalue weighted by molar-refractivity contribution is -0.113. The summed E-state index contributed by atoms with van der Waals surface area (Å²) in [5, 5.41) is 12.4. The number of amides is 1. The molecule has 2 heterocycles. The van der Waals surface area contributed by atoms with Crippen LogP contribution in [0.5, 0.6) is 0 Å². The molecule has 3 rings (SSSR count). The van der Waals surface area contributed by atoms with E-state index in [0.29, 0.717) is 34.0 Å². The van der Waals surface area contributed by atoms with Crippen molar-refractivity contribution in [2.45, 2.75) is 18.6 Å². The summed E-state index contributed by atoms with van der Waals surface area (Å²) in [5.41, 5.74) is 0.707. The Labute approximate surface area is 148 Å². The summed E-state index contributed by atoms with van der Waals surface area (Å²) in [6, 6.07) is 10.6. The second-order valence-corrected chi connectivity index (χ2v) is 6.25. The number of nitrogens with one attached hydrogen (secondary N) is 1. The molecular weight excluding hydrogens is 348 g/mol. The number of hydrogen-bond acceptors (Lipinski definition) is 5. The van der Waals surface area contributed by atoms with Crippen molar-refractivity contribution < 1.29 is 9.21 Å². The van der Waals surface area contributed by atoms with Gasteiger partial charge in [-0.2, -0.15) is 0 Å². The van der Waals surface area contributed by atoms with Crippen LogP contribution in [0.25, 0.3) is 11.6 Å². The highest BCUT2D eigenvalue weighted by molar-refractivity contribution is 7.99. The molecule has 1 amide bonds. The molecule has 24 heavy (non-hydrogen) atoms. The molecule has 3 aromatic rings. The summed E-state index contributed by atoms with van der Waals surface area (Å²) in [4.78, 5) is 12.1. The first-order valence-electron chi connectivity index (χ1n) is 7.32. The van der Waals surface area contributed by atoms with Gasteiger partial charge in [0.1, 0.15) is 0 Å². The van der Waals surface area contributed by atoms with Gasteiger partial charge in [0.2, 0.25) is 5.91 Å². The molecule has 0 radical (unpaired) electrons. The van der Waals surface area contributed by atoms with Crippen LogP contribution in [0.4, 0.5) is 5.69 Å². The average molecular weight is 363 g/mol. The fourth-order valence-electron chi connectivity index (χ4n) is 2.13. The number of aromatic nitrogens is 3. The number of anilines is 1. The van der Waals surface area contributed by atoms with Crippen molar-refractivity contribution in [3.63, 3.8) is 0 Å². The van der Waals surface area contributed by atoms with Crippen LogP contribution in [0.15, 0.2) is 52.2 Å². The molecule has 0 aliphatic rings. The summed E-state index contributed by atoms with van der Waals surface area (Å²) < 4.78 is 7.28. The minimum atomic E-state index is -0.118. The Hall–Kier alpha value is -2.25. The van der Waals surface area contributed by atoms with Crippen molar-refractivity contribution in [1.29, 1.82) is 0 Å². The van der Waals surface area contributed by atoms with Crippen LogP contribution in [0.2, 0.25) is 5.02 Å². The molecule has 8 heteroatoms. The quantitative estimate of drug-likeness (QED) is 0.672. The number of carbonyl (C=O) groups excluding carboxylic acids is 1. The van der Waals surface area contributed by atoms with Crippen molar-refractivity contribution >= 4 is 35.0 Å².